The van der Waals surface area contributed by atoms with Gasteiger partial charge >= 0.3 is 0 Å². The van der Waals surface area contributed by atoms with Crippen LogP contribution in [0.4, 0.5) is 0 Å². The third kappa shape index (κ3) is 2.83. The number of amides is 2. The first-order valence-electron chi connectivity index (χ1n) is 5.40. The first-order valence-corrected chi connectivity index (χ1v) is 6.22. The van der Waals surface area contributed by atoms with Gasteiger partial charge in [0.2, 0.25) is 0 Å². The molecule has 6 heteroatoms. The second kappa shape index (κ2) is 5.29. The number of hydrogen-bond acceptors (Lipinski definition) is 4. The molecule has 17 heavy (non-hydrogen) atoms. The monoisotopic (exact) mass is 254 g/mol. The third-order valence-corrected chi connectivity index (χ3v) is 3.80. The quantitative estimate of drug-likeness (QED) is 0.778. The molecule has 1 aromatic rings. The second-order valence-corrected chi connectivity index (χ2v) is 4.98. The topological polar surface area (TPSA) is 67.4 Å². The Hall–Kier alpha value is -1.40. The van der Waals surface area contributed by atoms with Gasteiger partial charge in [-0.3, -0.25) is 20.4 Å². The Morgan fingerprint density at radius 2 is 2.24 bits per heavy atom. The number of nitrogens with one attached hydrogen (secondary N) is 2. The lowest BCUT2D eigenvalue weighted by Gasteiger charge is -2.04. The number of carbonyl (C=O) groups excluding carboxylic acids is 2. The van der Waals surface area contributed by atoms with Crippen LogP contribution in [-0.2, 0) is 22.4 Å². The molecular formula is C11H14N2O3S. The molecule has 1 aliphatic rings. The largest absolute Gasteiger partial charge is 0.375 e. The molecule has 1 aromatic heterocycles. The van der Waals surface area contributed by atoms with Crippen molar-refractivity contribution in [2.24, 2.45) is 0 Å². The molecule has 0 saturated carbocycles. The molecule has 0 radical (unpaired) electrons. The van der Waals surface area contributed by atoms with Crippen LogP contribution in [0, 0.1) is 0 Å². The molecule has 0 aromatic carbocycles. The van der Waals surface area contributed by atoms with E-state index in [2.05, 4.69) is 15.6 Å². The van der Waals surface area contributed by atoms with E-state index in [-0.39, 0.29) is 18.4 Å². The summed E-state index contributed by atoms with van der Waals surface area (Å²) in [5, 5.41) is 0. The number of aryl methyl sites for hydroxylation is 2. The van der Waals surface area contributed by atoms with Crippen LogP contribution in [0.5, 0.6) is 0 Å². The summed E-state index contributed by atoms with van der Waals surface area (Å²) in [7, 11) is 1.42. The zero-order valence-electron chi connectivity index (χ0n) is 9.54. The van der Waals surface area contributed by atoms with Gasteiger partial charge in [0.15, 0.2) is 0 Å². The number of thiophene rings is 1. The molecule has 2 amide bonds. The average molecular weight is 254 g/mol. The van der Waals surface area contributed by atoms with E-state index in [4.69, 9.17) is 0 Å². The Labute approximate surface area is 103 Å². The van der Waals surface area contributed by atoms with Crippen molar-refractivity contribution in [2.45, 2.75) is 19.3 Å². The summed E-state index contributed by atoms with van der Waals surface area (Å²) >= 11 is 1.50. The van der Waals surface area contributed by atoms with E-state index in [1.54, 1.807) is 0 Å². The highest BCUT2D eigenvalue weighted by atomic mass is 32.1. The number of rotatable bonds is 3. The van der Waals surface area contributed by atoms with Gasteiger partial charge < -0.3 is 4.74 Å². The normalized spacial score (nSPS) is 13.2. The molecule has 0 spiro atoms. The summed E-state index contributed by atoms with van der Waals surface area (Å²) in [5.74, 6) is -0.640. The van der Waals surface area contributed by atoms with Crippen molar-refractivity contribution in [2.75, 3.05) is 13.7 Å². The Morgan fingerprint density at radius 1 is 1.41 bits per heavy atom. The zero-order chi connectivity index (χ0) is 12.3. The molecular weight excluding hydrogens is 240 g/mol. The Bertz CT molecular complexity index is 420. The fourth-order valence-electron chi connectivity index (χ4n) is 1.80. The third-order valence-electron chi connectivity index (χ3n) is 2.56. The van der Waals surface area contributed by atoms with Crippen LogP contribution in [0.15, 0.2) is 6.07 Å². The van der Waals surface area contributed by atoms with Crippen LogP contribution in [0.3, 0.4) is 0 Å². The van der Waals surface area contributed by atoms with E-state index in [9.17, 15) is 9.59 Å². The Kier molecular flexibility index (Phi) is 3.75. The van der Waals surface area contributed by atoms with Crippen molar-refractivity contribution in [1.82, 2.24) is 10.9 Å². The molecule has 1 heterocycles. The first kappa shape index (κ1) is 12.1. The molecule has 0 bridgehead atoms. The van der Waals surface area contributed by atoms with Gasteiger partial charge in [0, 0.05) is 12.0 Å². The number of fused-ring (bicyclic) bond motifs is 1. The summed E-state index contributed by atoms with van der Waals surface area (Å²) in [6.45, 7) is -0.0682. The van der Waals surface area contributed by atoms with Crippen LogP contribution in [0.1, 0.15) is 26.5 Å². The fraction of sp³-hybridized carbons (Fsp3) is 0.455. The molecule has 0 saturated heterocycles. The number of hydrogen-bond donors (Lipinski definition) is 2. The molecule has 2 N–H and O–H groups in total. The number of methoxy groups -OCH3 is 1. The maximum Gasteiger partial charge on any atom is 0.279 e. The summed E-state index contributed by atoms with van der Waals surface area (Å²) < 4.78 is 4.63. The minimum absolute atomic E-state index is 0.0682. The Morgan fingerprint density at radius 3 is 2.94 bits per heavy atom. The van der Waals surface area contributed by atoms with Crippen molar-refractivity contribution < 1.29 is 14.3 Å². The number of carbonyl (C=O) groups is 2. The lowest BCUT2D eigenvalue weighted by atomic mass is 10.2. The summed E-state index contributed by atoms with van der Waals surface area (Å²) in [6.07, 6.45) is 3.28. The van der Waals surface area contributed by atoms with Crippen LogP contribution in [-0.4, -0.2) is 25.5 Å². The van der Waals surface area contributed by atoms with Gasteiger partial charge in [0.25, 0.3) is 11.8 Å². The molecule has 0 atom stereocenters. The van der Waals surface area contributed by atoms with Gasteiger partial charge in [0.05, 0.1) is 4.88 Å². The minimum atomic E-state index is -0.370. The van der Waals surface area contributed by atoms with Crippen LogP contribution in [0.2, 0.25) is 0 Å². The standard InChI is InChI=1S/C11H14N2O3S/c1-16-6-10(14)12-13-11(15)9-5-7-3-2-4-8(7)17-9/h5H,2-4,6H2,1H3,(H,12,14)(H,13,15). The van der Waals surface area contributed by atoms with Gasteiger partial charge in [-0.15, -0.1) is 11.3 Å². The molecule has 0 aliphatic heterocycles. The lowest BCUT2D eigenvalue weighted by Crippen LogP contribution is -2.42. The smallest absolute Gasteiger partial charge is 0.279 e. The van der Waals surface area contributed by atoms with Gasteiger partial charge in [-0.25, -0.2) is 0 Å². The van der Waals surface area contributed by atoms with Gasteiger partial charge in [-0.05, 0) is 30.9 Å². The highest BCUT2D eigenvalue weighted by Gasteiger charge is 2.18. The van der Waals surface area contributed by atoms with E-state index in [1.807, 2.05) is 6.07 Å². The SMILES string of the molecule is COCC(=O)NNC(=O)c1cc2c(s1)CCC2. The molecule has 1 aliphatic carbocycles. The van der Waals surface area contributed by atoms with Crippen LogP contribution < -0.4 is 10.9 Å². The van der Waals surface area contributed by atoms with Gasteiger partial charge in [-0.2, -0.15) is 0 Å². The fourth-order valence-corrected chi connectivity index (χ4v) is 2.95. The first-order chi connectivity index (χ1) is 8.20. The van der Waals surface area contributed by atoms with Crippen LogP contribution >= 0.6 is 11.3 Å². The van der Waals surface area contributed by atoms with Crippen molar-refractivity contribution in [1.29, 1.82) is 0 Å². The minimum Gasteiger partial charge on any atom is -0.375 e. The predicted octanol–water partition coefficient (Wildman–Crippen LogP) is 0.644. The highest BCUT2D eigenvalue weighted by Crippen LogP contribution is 2.30. The molecule has 2 rings (SSSR count). The lowest BCUT2D eigenvalue weighted by molar-refractivity contribution is -0.125. The van der Waals surface area contributed by atoms with Crippen molar-refractivity contribution >= 4 is 23.2 Å². The van der Waals surface area contributed by atoms with Crippen LogP contribution in [0.25, 0.3) is 0 Å². The predicted molar refractivity (Wildman–Crippen MR) is 63.8 cm³/mol. The molecule has 5 nitrogen and oxygen atoms in total. The van der Waals surface area contributed by atoms with Crippen molar-refractivity contribution in [3.8, 4) is 0 Å². The molecule has 0 fully saturated rings. The molecule has 0 unspecified atom stereocenters. The summed E-state index contributed by atoms with van der Waals surface area (Å²) in [5.41, 5.74) is 5.92. The van der Waals surface area contributed by atoms with Crippen molar-refractivity contribution in [3.05, 3.63) is 21.4 Å². The maximum atomic E-state index is 11.7. The Balaban J connectivity index is 1.89. The average Bonchev–Trinajstić information content (AvgIpc) is 2.86. The van der Waals surface area contributed by atoms with E-state index >= 15 is 0 Å². The number of ether oxygens (including phenoxy) is 1. The second-order valence-electron chi connectivity index (χ2n) is 3.85. The van der Waals surface area contributed by atoms with E-state index in [0.717, 1.165) is 12.8 Å². The highest BCUT2D eigenvalue weighted by molar-refractivity contribution is 7.14. The van der Waals surface area contributed by atoms with Gasteiger partial charge in [-0.1, -0.05) is 0 Å². The van der Waals surface area contributed by atoms with Gasteiger partial charge in [0.1, 0.15) is 6.61 Å². The van der Waals surface area contributed by atoms with E-state index < -0.39 is 0 Å². The number of hydrazine groups is 1. The summed E-state index contributed by atoms with van der Waals surface area (Å²) in [6, 6.07) is 1.91. The molecule has 92 valence electrons. The van der Waals surface area contributed by atoms with E-state index in [1.165, 1.54) is 35.3 Å². The van der Waals surface area contributed by atoms with Crippen molar-refractivity contribution in [3.63, 3.8) is 0 Å². The van der Waals surface area contributed by atoms with E-state index in [0.29, 0.717) is 4.88 Å². The summed E-state index contributed by atoms with van der Waals surface area (Å²) in [4.78, 5) is 24.7. The zero-order valence-corrected chi connectivity index (χ0v) is 10.4. The maximum absolute atomic E-state index is 11.7.